The van der Waals surface area contributed by atoms with Gasteiger partial charge in [-0.15, -0.1) is 0 Å². The molecule has 1 atom stereocenters. The fourth-order valence-electron chi connectivity index (χ4n) is 3.35. The van der Waals surface area contributed by atoms with Crippen LogP contribution in [-0.4, -0.2) is 26.6 Å². The monoisotopic (exact) mass is 376 g/mol. The number of fused-ring (bicyclic) bond motifs is 1. The highest BCUT2D eigenvalue weighted by Crippen LogP contribution is 2.34. The average molecular weight is 376 g/mol. The van der Waals surface area contributed by atoms with Crippen molar-refractivity contribution < 1.29 is 17.6 Å². The van der Waals surface area contributed by atoms with Gasteiger partial charge >= 0.3 is 0 Å². The molecule has 0 saturated carbocycles. The minimum atomic E-state index is -3.35. The highest BCUT2D eigenvalue weighted by atomic mass is 32.2. The van der Waals surface area contributed by atoms with Crippen LogP contribution < -0.4 is 9.62 Å². The summed E-state index contributed by atoms with van der Waals surface area (Å²) < 4.78 is 38.6. The summed E-state index contributed by atoms with van der Waals surface area (Å²) in [6.45, 7) is 3.82. The molecule has 26 heavy (non-hydrogen) atoms. The molecule has 1 aliphatic heterocycles. The van der Waals surface area contributed by atoms with Crippen LogP contribution in [0.25, 0.3) is 0 Å². The van der Waals surface area contributed by atoms with Crippen molar-refractivity contribution in [2.45, 2.75) is 32.9 Å². The van der Waals surface area contributed by atoms with Gasteiger partial charge in [-0.05, 0) is 61.2 Å². The third-order valence-electron chi connectivity index (χ3n) is 4.53. The van der Waals surface area contributed by atoms with Crippen molar-refractivity contribution in [3.63, 3.8) is 0 Å². The highest BCUT2D eigenvalue weighted by molar-refractivity contribution is 7.92. The minimum Gasteiger partial charge on any atom is -0.348 e. The Balaban J connectivity index is 1.75. The van der Waals surface area contributed by atoms with Gasteiger partial charge in [-0.2, -0.15) is 0 Å². The molecule has 1 N–H and O–H groups in total. The lowest BCUT2D eigenvalue weighted by atomic mass is 10.1. The summed E-state index contributed by atoms with van der Waals surface area (Å²) in [4.78, 5) is 12.4. The van der Waals surface area contributed by atoms with Crippen molar-refractivity contribution in [2.24, 2.45) is 0 Å². The molecule has 0 aliphatic carbocycles. The van der Waals surface area contributed by atoms with E-state index >= 15 is 0 Å². The summed E-state index contributed by atoms with van der Waals surface area (Å²) in [5, 5.41) is 2.81. The van der Waals surface area contributed by atoms with E-state index < -0.39 is 10.0 Å². The number of carbonyl (C=O) groups excluding carboxylic acids is 1. The molecule has 0 radical (unpaired) electrons. The number of hydrogen-bond acceptors (Lipinski definition) is 3. The molecule has 0 saturated heterocycles. The van der Waals surface area contributed by atoms with Crippen molar-refractivity contribution in [2.75, 3.05) is 10.6 Å². The van der Waals surface area contributed by atoms with Gasteiger partial charge in [-0.1, -0.05) is 12.1 Å². The van der Waals surface area contributed by atoms with E-state index in [9.17, 15) is 17.6 Å². The van der Waals surface area contributed by atoms with E-state index in [1.54, 1.807) is 37.3 Å². The standard InChI is InChI=1S/C19H21FN2O3S/c1-12-8-14(4-6-17(12)20)11-21-19(23)15-5-7-18-16(10-15)9-13(2)22(18)26(3,24)25/h4-8,10,13H,9,11H2,1-3H3,(H,21,23). The lowest BCUT2D eigenvalue weighted by Gasteiger charge is -2.21. The first-order valence-corrected chi connectivity index (χ1v) is 10.2. The molecule has 1 aliphatic rings. The molecule has 1 amide bonds. The molecule has 2 aromatic rings. The third-order valence-corrected chi connectivity index (χ3v) is 5.80. The molecule has 138 valence electrons. The Hall–Kier alpha value is -2.41. The smallest absolute Gasteiger partial charge is 0.251 e. The molecule has 7 heteroatoms. The van der Waals surface area contributed by atoms with Crippen molar-refractivity contribution in [3.8, 4) is 0 Å². The number of sulfonamides is 1. The molecule has 3 rings (SSSR count). The SMILES string of the molecule is Cc1cc(CNC(=O)c2ccc3c(c2)CC(C)N3S(C)(=O)=O)ccc1F. The van der Waals surface area contributed by atoms with Crippen LogP contribution in [0.2, 0.25) is 0 Å². The maximum absolute atomic E-state index is 13.3. The maximum atomic E-state index is 13.3. The molecular formula is C19H21FN2O3S. The number of benzene rings is 2. The summed E-state index contributed by atoms with van der Waals surface area (Å²) in [5.41, 5.74) is 3.29. The number of halogens is 1. The summed E-state index contributed by atoms with van der Waals surface area (Å²) in [6.07, 6.45) is 1.75. The second-order valence-corrected chi connectivity index (χ2v) is 8.58. The zero-order chi connectivity index (χ0) is 19.1. The summed E-state index contributed by atoms with van der Waals surface area (Å²) >= 11 is 0. The van der Waals surface area contributed by atoms with Crippen LogP contribution >= 0.6 is 0 Å². The Kier molecular flexibility index (Phi) is 4.75. The quantitative estimate of drug-likeness (QED) is 0.892. The zero-order valence-corrected chi connectivity index (χ0v) is 15.7. The van der Waals surface area contributed by atoms with E-state index in [1.165, 1.54) is 16.6 Å². The highest BCUT2D eigenvalue weighted by Gasteiger charge is 2.32. The van der Waals surface area contributed by atoms with E-state index in [4.69, 9.17) is 0 Å². The van der Waals surface area contributed by atoms with Crippen LogP contribution in [0.3, 0.4) is 0 Å². The van der Waals surface area contributed by atoms with E-state index in [0.717, 1.165) is 11.1 Å². The van der Waals surface area contributed by atoms with E-state index in [2.05, 4.69) is 5.32 Å². The van der Waals surface area contributed by atoms with E-state index in [0.29, 0.717) is 29.8 Å². The second kappa shape index (κ2) is 6.72. The Bertz CT molecular complexity index is 973. The number of hydrogen-bond donors (Lipinski definition) is 1. The van der Waals surface area contributed by atoms with Gasteiger partial charge in [0.1, 0.15) is 5.82 Å². The molecule has 0 spiro atoms. The predicted molar refractivity (Wildman–Crippen MR) is 99.2 cm³/mol. The van der Waals surface area contributed by atoms with Crippen LogP contribution in [0.4, 0.5) is 10.1 Å². The van der Waals surface area contributed by atoms with Crippen LogP contribution in [0, 0.1) is 12.7 Å². The molecule has 0 bridgehead atoms. The van der Waals surface area contributed by atoms with Gasteiger partial charge in [0.2, 0.25) is 10.0 Å². The van der Waals surface area contributed by atoms with Crippen LogP contribution in [0.1, 0.15) is 34.0 Å². The predicted octanol–water partition coefficient (Wildman–Crippen LogP) is 2.77. The number of carbonyl (C=O) groups is 1. The number of rotatable bonds is 4. The molecule has 1 unspecified atom stereocenters. The third kappa shape index (κ3) is 3.58. The summed E-state index contributed by atoms with van der Waals surface area (Å²) in [6, 6.07) is 9.59. The summed E-state index contributed by atoms with van der Waals surface area (Å²) in [7, 11) is -3.35. The number of anilines is 1. The first-order chi connectivity index (χ1) is 12.2. The van der Waals surface area contributed by atoms with Gasteiger partial charge in [0, 0.05) is 18.2 Å². The Morgan fingerprint density at radius 3 is 2.65 bits per heavy atom. The fourth-order valence-corrected chi connectivity index (χ4v) is 4.61. The fraction of sp³-hybridized carbons (Fsp3) is 0.316. The van der Waals surface area contributed by atoms with E-state index in [-0.39, 0.29) is 17.8 Å². The van der Waals surface area contributed by atoms with Gasteiger partial charge in [0.25, 0.3) is 5.91 Å². The Morgan fingerprint density at radius 2 is 2.00 bits per heavy atom. The van der Waals surface area contributed by atoms with Crippen molar-refractivity contribution in [3.05, 3.63) is 64.5 Å². The molecule has 0 fully saturated rings. The lowest BCUT2D eigenvalue weighted by molar-refractivity contribution is 0.0951. The number of aryl methyl sites for hydroxylation is 1. The molecule has 1 heterocycles. The average Bonchev–Trinajstić information content (AvgIpc) is 2.90. The zero-order valence-electron chi connectivity index (χ0n) is 14.9. The number of nitrogens with one attached hydrogen (secondary N) is 1. The van der Waals surface area contributed by atoms with Gasteiger partial charge in [0.15, 0.2) is 0 Å². The van der Waals surface area contributed by atoms with Crippen LogP contribution in [0.15, 0.2) is 36.4 Å². The number of nitrogens with zero attached hydrogens (tertiary/aromatic N) is 1. The molecule has 0 aromatic heterocycles. The van der Waals surface area contributed by atoms with Crippen molar-refractivity contribution in [1.29, 1.82) is 0 Å². The Morgan fingerprint density at radius 1 is 1.27 bits per heavy atom. The Labute approximate surface area is 152 Å². The van der Waals surface area contributed by atoms with Crippen molar-refractivity contribution in [1.82, 2.24) is 5.32 Å². The van der Waals surface area contributed by atoms with Crippen molar-refractivity contribution >= 4 is 21.6 Å². The molecule has 2 aromatic carbocycles. The minimum absolute atomic E-state index is 0.166. The molecule has 5 nitrogen and oxygen atoms in total. The lowest BCUT2D eigenvalue weighted by Crippen LogP contribution is -2.34. The van der Waals surface area contributed by atoms with Gasteiger partial charge < -0.3 is 5.32 Å². The topological polar surface area (TPSA) is 66.5 Å². The number of amides is 1. The maximum Gasteiger partial charge on any atom is 0.251 e. The second-order valence-electron chi connectivity index (χ2n) is 6.72. The molecular weight excluding hydrogens is 355 g/mol. The van der Waals surface area contributed by atoms with Gasteiger partial charge in [-0.25, -0.2) is 12.8 Å². The summed E-state index contributed by atoms with van der Waals surface area (Å²) in [5.74, 6) is -0.525. The van der Waals surface area contributed by atoms with Crippen LogP contribution in [0.5, 0.6) is 0 Å². The van der Waals surface area contributed by atoms with Gasteiger partial charge in [-0.3, -0.25) is 9.10 Å². The largest absolute Gasteiger partial charge is 0.348 e. The van der Waals surface area contributed by atoms with Crippen LogP contribution in [-0.2, 0) is 23.0 Å². The normalized spacial score (nSPS) is 16.5. The van der Waals surface area contributed by atoms with E-state index in [1.807, 2.05) is 6.92 Å². The first kappa shape index (κ1) is 18.4. The van der Waals surface area contributed by atoms with Gasteiger partial charge in [0.05, 0.1) is 11.9 Å². The first-order valence-electron chi connectivity index (χ1n) is 8.32.